The van der Waals surface area contributed by atoms with Crippen molar-refractivity contribution in [1.29, 1.82) is 0 Å². The zero-order valence-corrected chi connectivity index (χ0v) is 37.2. The lowest BCUT2D eigenvalue weighted by Crippen LogP contribution is -2.53. The summed E-state index contributed by atoms with van der Waals surface area (Å²) in [5.74, 6) is 1.16. The number of amides is 1. The van der Waals surface area contributed by atoms with E-state index in [0.717, 1.165) is 63.5 Å². The van der Waals surface area contributed by atoms with Crippen LogP contribution in [-0.4, -0.2) is 60.0 Å². The summed E-state index contributed by atoms with van der Waals surface area (Å²) in [7, 11) is 0. The molecule has 336 valence electrons. The standard InChI is InChI=1S/C50H81F2NO6/c1-5-6-7-8-9-10-11-12-13-17-20-23-26-46(54)49(56)45(37-57-50-40(4)38(2)39(3)47(36-51)59-50)53-48(55)27-24-21-18-15-14-16-19-22-25-41-28-32-43(33-29-41)58-44-34-30-42(52)31-35-44/h28-35,38-40,45-47,49-50,54,56H,5-27,36-37H2,1-4H3,(H,53,55)/t38-,39-,40?,45-,46+,47?,49-,50-/m0/s1. The maximum absolute atomic E-state index is 13.8. The van der Waals surface area contributed by atoms with Gasteiger partial charge in [0.1, 0.15) is 30.1 Å². The third-order valence-corrected chi connectivity index (χ3v) is 12.7. The van der Waals surface area contributed by atoms with E-state index in [0.29, 0.717) is 18.6 Å². The summed E-state index contributed by atoms with van der Waals surface area (Å²) < 4.78 is 44.8. The monoisotopic (exact) mass is 830 g/mol. The molecule has 1 amide bonds. The minimum Gasteiger partial charge on any atom is -0.457 e. The van der Waals surface area contributed by atoms with Crippen LogP contribution in [0.25, 0.3) is 0 Å². The van der Waals surface area contributed by atoms with Crippen molar-refractivity contribution in [3.05, 3.63) is 59.9 Å². The zero-order valence-electron chi connectivity index (χ0n) is 37.2. The lowest BCUT2D eigenvalue weighted by atomic mass is 9.79. The maximum Gasteiger partial charge on any atom is 0.220 e. The summed E-state index contributed by atoms with van der Waals surface area (Å²) in [6.45, 7) is 7.76. The number of unbranched alkanes of at least 4 members (excludes halogenated alkanes) is 18. The number of hydrogen-bond donors (Lipinski definition) is 3. The van der Waals surface area contributed by atoms with Crippen molar-refractivity contribution in [2.24, 2.45) is 17.8 Å². The van der Waals surface area contributed by atoms with Crippen LogP contribution in [0.4, 0.5) is 8.78 Å². The fraction of sp³-hybridized carbons (Fsp3) is 0.740. The molecular formula is C50H81F2NO6. The topological polar surface area (TPSA) is 97.3 Å². The summed E-state index contributed by atoms with van der Waals surface area (Å²) in [6, 6.07) is 13.3. The van der Waals surface area contributed by atoms with Gasteiger partial charge in [-0.15, -0.1) is 0 Å². The predicted octanol–water partition coefficient (Wildman–Crippen LogP) is 12.6. The first-order chi connectivity index (χ1) is 28.6. The quantitative estimate of drug-likeness (QED) is 0.0620. The fourth-order valence-corrected chi connectivity index (χ4v) is 8.23. The van der Waals surface area contributed by atoms with Crippen molar-refractivity contribution >= 4 is 5.91 Å². The molecule has 0 spiro atoms. The Morgan fingerprint density at radius 3 is 1.76 bits per heavy atom. The second-order valence-electron chi connectivity index (χ2n) is 17.5. The van der Waals surface area contributed by atoms with Crippen LogP contribution in [0, 0.1) is 23.6 Å². The molecule has 8 atom stereocenters. The minimum atomic E-state index is -1.18. The molecule has 2 unspecified atom stereocenters. The number of nitrogens with one attached hydrogen (secondary N) is 1. The van der Waals surface area contributed by atoms with Gasteiger partial charge in [-0.25, -0.2) is 8.78 Å². The van der Waals surface area contributed by atoms with Gasteiger partial charge < -0.3 is 29.7 Å². The third-order valence-electron chi connectivity index (χ3n) is 12.7. The Hall–Kier alpha value is -2.59. The first-order valence-electron chi connectivity index (χ1n) is 23.6. The van der Waals surface area contributed by atoms with Crippen molar-refractivity contribution < 1.29 is 38.0 Å². The molecule has 0 saturated carbocycles. The highest BCUT2D eigenvalue weighted by atomic mass is 19.1. The Morgan fingerprint density at radius 2 is 1.20 bits per heavy atom. The van der Waals surface area contributed by atoms with E-state index in [2.05, 4.69) is 31.3 Å². The number of aryl methyl sites for hydroxylation is 1. The summed E-state index contributed by atoms with van der Waals surface area (Å²) in [5.41, 5.74) is 1.27. The van der Waals surface area contributed by atoms with E-state index in [9.17, 15) is 23.8 Å². The predicted molar refractivity (Wildman–Crippen MR) is 236 cm³/mol. The van der Waals surface area contributed by atoms with Gasteiger partial charge >= 0.3 is 0 Å². The molecule has 9 heteroatoms. The number of halogens is 2. The molecule has 3 rings (SSSR count). The molecule has 2 aromatic rings. The summed E-state index contributed by atoms with van der Waals surface area (Å²) in [6.07, 6.45) is 21.7. The second-order valence-corrected chi connectivity index (χ2v) is 17.5. The van der Waals surface area contributed by atoms with E-state index >= 15 is 0 Å². The van der Waals surface area contributed by atoms with Crippen molar-refractivity contribution in [1.82, 2.24) is 5.32 Å². The molecule has 7 nitrogen and oxygen atoms in total. The highest BCUT2D eigenvalue weighted by Crippen LogP contribution is 2.36. The number of alkyl halides is 1. The molecule has 0 aliphatic carbocycles. The number of aliphatic hydroxyl groups excluding tert-OH is 2. The number of hydrogen-bond acceptors (Lipinski definition) is 6. The van der Waals surface area contributed by atoms with Gasteiger partial charge in [0.2, 0.25) is 5.91 Å². The van der Waals surface area contributed by atoms with Gasteiger partial charge in [-0.05, 0) is 79.5 Å². The summed E-state index contributed by atoms with van der Waals surface area (Å²) in [4.78, 5) is 13.1. The van der Waals surface area contributed by atoms with E-state index < -0.39 is 37.3 Å². The molecule has 1 aliphatic rings. The SMILES string of the molecule is CCCCCCCCCCCCCC[C@@H](O)[C@@H](O)[C@H](CO[C@H]1OC(CF)[C@@H](C)[C@H](C)C1C)NC(=O)CCCCCCCCCCc1ccc(Oc2ccc(F)cc2)cc1. The van der Waals surface area contributed by atoms with E-state index in [4.69, 9.17) is 14.2 Å². The van der Waals surface area contributed by atoms with Crippen LogP contribution in [0.5, 0.6) is 11.5 Å². The second kappa shape index (κ2) is 30.4. The molecule has 0 aromatic heterocycles. The molecular weight excluding hydrogens is 749 g/mol. The van der Waals surface area contributed by atoms with E-state index in [-0.39, 0.29) is 36.1 Å². The van der Waals surface area contributed by atoms with Crippen LogP contribution in [-0.2, 0) is 20.7 Å². The van der Waals surface area contributed by atoms with Crippen LogP contribution in [0.15, 0.2) is 48.5 Å². The average molecular weight is 830 g/mol. The van der Waals surface area contributed by atoms with E-state index in [1.165, 1.54) is 94.7 Å². The average Bonchev–Trinajstić information content (AvgIpc) is 3.24. The Bertz CT molecular complexity index is 1340. The Kier molecular flexibility index (Phi) is 26.2. The lowest BCUT2D eigenvalue weighted by Gasteiger charge is -2.43. The molecule has 3 N–H and O–H groups in total. The first kappa shape index (κ1) is 50.8. The van der Waals surface area contributed by atoms with Crippen LogP contribution in [0.1, 0.15) is 175 Å². The fourth-order valence-electron chi connectivity index (χ4n) is 8.23. The largest absolute Gasteiger partial charge is 0.457 e. The van der Waals surface area contributed by atoms with Crippen LogP contribution in [0.2, 0.25) is 0 Å². The van der Waals surface area contributed by atoms with Crippen molar-refractivity contribution in [2.45, 2.75) is 206 Å². The van der Waals surface area contributed by atoms with Gasteiger partial charge in [0.15, 0.2) is 6.29 Å². The zero-order chi connectivity index (χ0) is 42.7. The summed E-state index contributed by atoms with van der Waals surface area (Å²) in [5, 5.41) is 25.3. The molecule has 1 heterocycles. The highest BCUT2D eigenvalue weighted by molar-refractivity contribution is 5.76. The number of carbonyl (C=O) groups is 1. The number of rotatable bonds is 33. The molecule has 59 heavy (non-hydrogen) atoms. The summed E-state index contributed by atoms with van der Waals surface area (Å²) >= 11 is 0. The highest BCUT2D eigenvalue weighted by Gasteiger charge is 2.40. The van der Waals surface area contributed by atoms with Gasteiger partial charge in [0.05, 0.1) is 24.9 Å². The van der Waals surface area contributed by atoms with Crippen molar-refractivity contribution in [3.8, 4) is 11.5 Å². The van der Waals surface area contributed by atoms with Crippen LogP contribution >= 0.6 is 0 Å². The Labute approximate surface area is 356 Å². The van der Waals surface area contributed by atoms with Gasteiger partial charge in [-0.1, -0.05) is 155 Å². The smallest absolute Gasteiger partial charge is 0.220 e. The molecule has 1 saturated heterocycles. The molecule has 2 aromatic carbocycles. The third kappa shape index (κ3) is 20.7. The normalized spacial score (nSPS) is 20.9. The van der Waals surface area contributed by atoms with E-state index in [1.807, 2.05) is 26.0 Å². The number of aliphatic hydroxyl groups is 2. The lowest BCUT2D eigenvalue weighted by molar-refractivity contribution is -0.254. The Balaban J connectivity index is 1.32. The number of carbonyl (C=O) groups excluding carboxylic acids is 1. The van der Waals surface area contributed by atoms with Crippen LogP contribution < -0.4 is 10.1 Å². The molecule has 0 radical (unpaired) electrons. The van der Waals surface area contributed by atoms with Gasteiger partial charge in [-0.3, -0.25) is 4.79 Å². The molecule has 1 aliphatic heterocycles. The number of ether oxygens (including phenoxy) is 3. The molecule has 1 fully saturated rings. The molecule has 0 bridgehead atoms. The van der Waals surface area contributed by atoms with Crippen LogP contribution in [0.3, 0.4) is 0 Å². The van der Waals surface area contributed by atoms with E-state index in [1.54, 1.807) is 12.1 Å². The van der Waals surface area contributed by atoms with Crippen molar-refractivity contribution in [3.63, 3.8) is 0 Å². The van der Waals surface area contributed by atoms with Gasteiger partial charge in [0, 0.05) is 12.3 Å². The number of benzene rings is 2. The Morgan fingerprint density at radius 1 is 0.695 bits per heavy atom. The van der Waals surface area contributed by atoms with Gasteiger partial charge in [0.25, 0.3) is 0 Å². The van der Waals surface area contributed by atoms with Gasteiger partial charge in [-0.2, -0.15) is 0 Å². The maximum atomic E-state index is 13.8. The first-order valence-corrected chi connectivity index (χ1v) is 23.6. The van der Waals surface area contributed by atoms with Crippen molar-refractivity contribution in [2.75, 3.05) is 13.3 Å². The minimum absolute atomic E-state index is 0.0150.